The summed E-state index contributed by atoms with van der Waals surface area (Å²) in [5.41, 5.74) is 0. The molecule has 0 spiro atoms. The lowest BCUT2D eigenvalue weighted by Crippen LogP contribution is -2.20. The number of Topliss-reactive ketones (excluding diaryl/α,β-unsaturated/α-hetero) is 1. The molecule has 2 N–H and O–H groups in total. The van der Waals surface area contributed by atoms with Crippen molar-refractivity contribution in [2.24, 2.45) is 11.8 Å². The summed E-state index contributed by atoms with van der Waals surface area (Å²) in [7, 11) is 0. The van der Waals surface area contributed by atoms with Crippen molar-refractivity contribution in [3.63, 3.8) is 0 Å². The topological polar surface area (TPSA) is 91.7 Å². The zero-order valence-corrected chi connectivity index (χ0v) is 18.1. The number of rotatable bonds is 20. The lowest BCUT2D eigenvalue weighted by atomic mass is 9.84. The highest BCUT2D eigenvalue weighted by molar-refractivity contribution is 5.82. The number of hydrogen-bond donors (Lipinski definition) is 2. The number of carboxylic acid groups (broad SMARTS) is 2. The second-order valence-electron chi connectivity index (χ2n) is 8.15. The molecule has 0 aromatic rings. The van der Waals surface area contributed by atoms with Crippen LogP contribution in [0.5, 0.6) is 0 Å². The zero-order valence-electron chi connectivity index (χ0n) is 18.1. The van der Waals surface area contributed by atoms with Gasteiger partial charge in [0.05, 0.1) is 0 Å². The largest absolute Gasteiger partial charge is 0.481 e. The smallest absolute Gasteiger partial charge is 0.303 e. The van der Waals surface area contributed by atoms with E-state index in [1.807, 2.05) is 0 Å². The van der Waals surface area contributed by atoms with Gasteiger partial charge in [0.2, 0.25) is 0 Å². The number of unbranched alkanes of at least 4 members (excludes halogenated alkanes) is 7. The second-order valence-corrected chi connectivity index (χ2v) is 8.15. The van der Waals surface area contributed by atoms with Gasteiger partial charge in [0.1, 0.15) is 5.78 Å². The minimum Gasteiger partial charge on any atom is -0.481 e. The Morgan fingerprint density at radius 2 is 1.14 bits per heavy atom. The van der Waals surface area contributed by atoms with Crippen molar-refractivity contribution in [3.8, 4) is 0 Å². The molecule has 0 heterocycles. The highest BCUT2D eigenvalue weighted by atomic mass is 16.4. The lowest BCUT2D eigenvalue weighted by Gasteiger charge is -2.20. The molecule has 0 aliphatic rings. The molecule has 0 saturated heterocycles. The maximum atomic E-state index is 12.7. The van der Waals surface area contributed by atoms with Crippen LogP contribution in [0, 0.1) is 11.8 Å². The van der Waals surface area contributed by atoms with E-state index in [1.165, 1.54) is 44.9 Å². The molecule has 0 saturated carbocycles. The van der Waals surface area contributed by atoms with Crippen LogP contribution in [-0.4, -0.2) is 27.9 Å². The van der Waals surface area contributed by atoms with Crippen LogP contribution in [0.4, 0.5) is 0 Å². The van der Waals surface area contributed by atoms with Crippen molar-refractivity contribution in [3.05, 3.63) is 0 Å². The molecule has 0 radical (unpaired) electrons. The van der Waals surface area contributed by atoms with Gasteiger partial charge in [0.15, 0.2) is 0 Å². The van der Waals surface area contributed by atoms with Crippen LogP contribution in [0.3, 0.4) is 0 Å². The average Bonchev–Trinajstić information content (AvgIpc) is 2.63. The number of hydrogen-bond acceptors (Lipinski definition) is 3. The molecule has 0 aliphatic carbocycles. The number of aliphatic carboxylic acids is 2. The summed E-state index contributed by atoms with van der Waals surface area (Å²) >= 11 is 0. The lowest BCUT2D eigenvalue weighted by molar-refractivity contribution is -0.137. The number of carbonyl (C=O) groups is 3. The van der Waals surface area contributed by atoms with E-state index in [-0.39, 0.29) is 31.5 Å². The molecular formula is C23H42O5. The fraction of sp³-hybridized carbons (Fsp3) is 0.870. The summed E-state index contributed by atoms with van der Waals surface area (Å²) in [6.45, 7) is 4.35. The molecule has 0 bridgehead atoms. The first-order chi connectivity index (χ1) is 13.4. The molecule has 5 heteroatoms. The highest BCUT2D eigenvalue weighted by Crippen LogP contribution is 2.25. The maximum Gasteiger partial charge on any atom is 0.303 e. The average molecular weight is 399 g/mol. The molecular weight excluding hydrogens is 356 g/mol. The third-order valence-electron chi connectivity index (χ3n) is 5.52. The van der Waals surface area contributed by atoms with Crippen molar-refractivity contribution in [2.75, 3.05) is 0 Å². The number of carbonyl (C=O) groups excluding carboxylic acids is 1. The molecule has 5 nitrogen and oxygen atoms in total. The van der Waals surface area contributed by atoms with Gasteiger partial charge in [0.25, 0.3) is 0 Å². The minimum absolute atomic E-state index is 0.0560. The van der Waals surface area contributed by atoms with E-state index in [0.717, 1.165) is 25.7 Å². The Morgan fingerprint density at radius 1 is 0.643 bits per heavy atom. The van der Waals surface area contributed by atoms with E-state index in [0.29, 0.717) is 12.3 Å². The molecule has 0 aromatic carbocycles. The Kier molecular flexibility index (Phi) is 16.8. The standard InChI is InChI=1S/C23H42O5/c1-3-5-6-7-8-9-10-11-13-19(12-4-2)18-21(24)20(14-16-22(25)26)15-17-23(27)28/h19-20H,3-18H2,1-2H3,(H,25,26)(H,27,28). The fourth-order valence-corrected chi connectivity index (χ4v) is 3.84. The van der Waals surface area contributed by atoms with Crippen molar-refractivity contribution in [1.29, 1.82) is 0 Å². The summed E-state index contributed by atoms with van der Waals surface area (Å²) in [6.07, 6.45) is 14.0. The van der Waals surface area contributed by atoms with E-state index in [9.17, 15) is 14.4 Å². The van der Waals surface area contributed by atoms with Crippen LogP contribution in [-0.2, 0) is 14.4 Å². The van der Waals surface area contributed by atoms with Gasteiger partial charge in [-0.3, -0.25) is 14.4 Å². The first-order valence-corrected chi connectivity index (χ1v) is 11.4. The van der Waals surface area contributed by atoms with Crippen molar-refractivity contribution in [1.82, 2.24) is 0 Å². The molecule has 0 aromatic heterocycles. The number of carboxylic acids is 2. The monoisotopic (exact) mass is 398 g/mol. The molecule has 0 fully saturated rings. The summed E-state index contributed by atoms with van der Waals surface area (Å²) in [5.74, 6) is -1.91. The van der Waals surface area contributed by atoms with Gasteiger partial charge in [-0.1, -0.05) is 84.5 Å². The summed E-state index contributed by atoms with van der Waals surface area (Å²) in [4.78, 5) is 34.4. The SMILES string of the molecule is CCCCCCCCCCC(CCC)CC(=O)C(CCC(=O)O)CCC(=O)O. The molecule has 164 valence electrons. The molecule has 0 aliphatic heterocycles. The van der Waals surface area contributed by atoms with Crippen molar-refractivity contribution in [2.45, 2.75) is 117 Å². The predicted octanol–water partition coefficient (Wildman–Crippen LogP) is 6.24. The Labute approximate surface area is 171 Å². The minimum atomic E-state index is -0.933. The first kappa shape index (κ1) is 26.6. The van der Waals surface area contributed by atoms with E-state index in [4.69, 9.17) is 10.2 Å². The van der Waals surface area contributed by atoms with Gasteiger partial charge in [0, 0.05) is 25.2 Å². The van der Waals surface area contributed by atoms with Crippen LogP contribution in [0.2, 0.25) is 0 Å². The van der Waals surface area contributed by atoms with Gasteiger partial charge in [-0.25, -0.2) is 0 Å². The molecule has 28 heavy (non-hydrogen) atoms. The van der Waals surface area contributed by atoms with Gasteiger partial charge in [-0.05, 0) is 18.8 Å². The number of ketones is 1. The Bertz CT molecular complexity index is 415. The maximum absolute atomic E-state index is 12.7. The zero-order chi connectivity index (χ0) is 21.2. The van der Waals surface area contributed by atoms with Gasteiger partial charge in [-0.2, -0.15) is 0 Å². The summed E-state index contributed by atoms with van der Waals surface area (Å²) in [6, 6.07) is 0. The molecule has 1 atom stereocenters. The Hall–Kier alpha value is -1.39. The van der Waals surface area contributed by atoms with E-state index in [2.05, 4.69) is 13.8 Å². The third kappa shape index (κ3) is 15.6. The summed E-state index contributed by atoms with van der Waals surface area (Å²) in [5, 5.41) is 17.8. The molecule has 0 amide bonds. The van der Waals surface area contributed by atoms with E-state index >= 15 is 0 Å². The van der Waals surface area contributed by atoms with Gasteiger partial charge in [-0.15, -0.1) is 0 Å². The van der Waals surface area contributed by atoms with Crippen LogP contribution < -0.4 is 0 Å². The van der Waals surface area contributed by atoms with Gasteiger partial charge < -0.3 is 10.2 Å². The van der Waals surface area contributed by atoms with Crippen LogP contribution >= 0.6 is 0 Å². The van der Waals surface area contributed by atoms with Gasteiger partial charge >= 0.3 is 11.9 Å². The first-order valence-electron chi connectivity index (χ1n) is 11.4. The normalized spacial score (nSPS) is 12.2. The second kappa shape index (κ2) is 17.7. The predicted molar refractivity (Wildman–Crippen MR) is 112 cm³/mol. The molecule has 0 rings (SSSR count). The Morgan fingerprint density at radius 3 is 1.61 bits per heavy atom. The van der Waals surface area contributed by atoms with Crippen molar-refractivity contribution >= 4 is 17.7 Å². The van der Waals surface area contributed by atoms with E-state index < -0.39 is 17.9 Å². The van der Waals surface area contributed by atoms with E-state index in [1.54, 1.807) is 0 Å². The Balaban J connectivity index is 4.35. The van der Waals surface area contributed by atoms with Crippen molar-refractivity contribution < 1.29 is 24.6 Å². The highest BCUT2D eigenvalue weighted by Gasteiger charge is 2.23. The fourth-order valence-electron chi connectivity index (χ4n) is 3.84. The molecule has 1 unspecified atom stereocenters. The summed E-state index contributed by atoms with van der Waals surface area (Å²) < 4.78 is 0. The van der Waals surface area contributed by atoms with Crippen LogP contribution in [0.15, 0.2) is 0 Å². The van der Waals surface area contributed by atoms with Crippen LogP contribution in [0.25, 0.3) is 0 Å². The quantitative estimate of drug-likeness (QED) is 0.237. The third-order valence-corrected chi connectivity index (χ3v) is 5.52. The van der Waals surface area contributed by atoms with Crippen LogP contribution in [0.1, 0.15) is 117 Å².